The summed E-state index contributed by atoms with van der Waals surface area (Å²) in [7, 11) is 0. The zero-order valence-electron chi connectivity index (χ0n) is 37.2. The highest BCUT2D eigenvalue weighted by Gasteiger charge is 2.36. The van der Waals surface area contributed by atoms with Crippen LogP contribution in [0.2, 0.25) is 0 Å². The van der Waals surface area contributed by atoms with Crippen molar-refractivity contribution in [3.63, 3.8) is 0 Å². The molecule has 318 valence electrons. The molecule has 13 rings (SSSR count). The molecule has 0 bridgehead atoms. The predicted octanol–water partition coefficient (Wildman–Crippen LogP) is 18.2. The van der Waals surface area contributed by atoms with Crippen molar-refractivity contribution < 1.29 is 0 Å². The smallest absolute Gasteiger partial charge is 0.0692 e. The summed E-state index contributed by atoms with van der Waals surface area (Å²) in [6.07, 6.45) is 0. The third kappa shape index (κ3) is 6.66. The minimum atomic E-state index is -0.0828. The molecule has 0 atom stereocenters. The van der Waals surface area contributed by atoms with Gasteiger partial charge in [0.15, 0.2) is 0 Å². The Bertz CT molecular complexity index is 3580. The summed E-state index contributed by atoms with van der Waals surface area (Å²) in [5.74, 6) is 0. The van der Waals surface area contributed by atoms with Crippen LogP contribution in [0, 0.1) is 0 Å². The fourth-order valence-corrected chi connectivity index (χ4v) is 12.8. The molecular weight excluding hydrogens is 849 g/mol. The fourth-order valence-electron chi connectivity index (χ4n) is 10.5. The van der Waals surface area contributed by atoms with Crippen LogP contribution in [0.4, 0.5) is 17.1 Å². The number of rotatable bonds is 7. The van der Waals surface area contributed by atoms with Crippen molar-refractivity contribution in [1.29, 1.82) is 0 Å². The van der Waals surface area contributed by atoms with Crippen LogP contribution >= 0.6 is 23.5 Å². The molecule has 2 heterocycles. The van der Waals surface area contributed by atoms with Gasteiger partial charge >= 0.3 is 0 Å². The van der Waals surface area contributed by atoms with Gasteiger partial charge in [-0.25, -0.2) is 0 Å². The molecule has 0 saturated heterocycles. The molecule has 0 N–H and O–H groups in total. The van der Waals surface area contributed by atoms with Gasteiger partial charge in [0.05, 0.1) is 15.9 Å². The zero-order valence-corrected chi connectivity index (χ0v) is 38.8. The largest absolute Gasteiger partial charge is 0.311 e. The summed E-state index contributed by atoms with van der Waals surface area (Å²) in [6.45, 7) is 4.76. The van der Waals surface area contributed by atoms with E-state index in [1.165, 1.54) is 97.0 Å². The SMILES string of the molecule is CC1(C)c2ccccc2-c2cc3c(cc21)c1ccc2c(c1n3-c1ccc(-c3ccc(N(c4ccc(-c5ccccc5)cc4)c4ccc(-c5ccccc5)cc4)cc3)cc1)Sc1ccccc1S2. The van der Waals surface area contributed by atoms with Crippen LogP contribution in [0.1, 0.15) is 25.0 Å². The standard InChI is InChI=1S/C63H44N2S2/c1-63(2)55-18-10-9-17-51(55)53-40-57-54(39-56(53)63)52-37-38-60-62(67-59-20-12-11-19-58(59)66-60)61(52)65(57)50-35-27-46(28-36-50)45-25-33-49(34-26-45)64(47-29-21-43(22-30-47)41-13-5-3-6-14-41)48-31-23-44(24-32-48)42-15-7-4-8-16-42/h3-40H,1-2H3. The van der Waals surface area contributed by atoms with Gasteiger partial charge in [0.1, 0.15) is 0 Å². The van der Waals surface area contributed by atoms with Crippen molar-refractivity contribution in [2.75, 3.05) is 4.90 Å². The maximum atomic E-state index is 2.54. The van der Waals surface area contributed by atoms with Gasteiger partial charge in [0, 0.05) is 53.6 Å². The Balaban J connectivity index is 0.894. The van der Waals surface area contributed by atoms with Gasteiger partial charge in [0.25, 0.3) is 0 Å². The number of benzene rings is 10. The second-order valence-electron chi connectivity index (χ2n) is 18.1. The van der Waals surface area contributed by atoms with Crippen molar-refractivity contribution in [1.82, 2.24) is 4.57 Å². The highest BCUT2D eigenvalue weighted by atomic mass is 32.2. The predicted molar refractivity (Wildman–Crippen MR) is 284 cm³/mol. The molecule has 1 aliphatic heterocycles. The molecule has 11 aromatic rings. The van der Waals surface area contributed by atoms with E-state index in [9.17, 15) is 0 Å². The van der Waals surface area contributed by atoms with E-state index in [-0.39, 0.29) is 5.41 Å². The van der Waals surface area contributed by atoms with Crippen LogP contribution in [0.5, 0.6) is 0 Å². The fraction of sp³-hybridized carbons (Fsp3) is 0.0476. The summed E-state index contributed by atoms with van der Waals surface area (Å²) in [5.41, 5.74) is 19.6. The van der Waals surface area contributed by atoms with Gasteiger partial charge < -0.3 is 9.47 Å². The van der Waals surface area contributed by atoms with Crippen molar-refractivity contribution >= 4 is 62.4 Å². The van der Waals surface area contributed by atoms with Gasteiger partial charge in [-0.15, -0.1) is 0 Å². The number of anilines is 3. The zero-order chi connectivity index (χ0) is 44.6. The molecule has 0 spiro atoms. The summed E-state index contributed by atoms with van der Waals surface area (Å²) in [4.78, 5) is 7.62. The van der Waals surface area contributed by atoms with E-state index in [2.05, 4.69) is 254 Å². The summed E-state index contributed by atoms with van der Waals surface area (Å²) in [5, 5.41) is 2.60. The summed E-state index contributed by atoms with van der Waals surface area (Å²) < 4.78 is 2.54. The third-order valence-corrected chi connectivity index (χ3v) is 16.5. The molecule has 10 aromatic carbocycles. The quantitative estimate of drug-likeness (QED) is 0.158. The Kier molecular flexibility index (Phi) is 9.42. The molecule has 0 radical (unpaired) electrons. The van der Waals surface area contributed by atoms with E-state index < -0.39 is 0 Å². The monoisotopic (exact) mass is 892 g/mol. The molecule has 4 heteroatoms. The highest BCUT2D eigenvalue weighted by molar-refractivity contribution is 8.05. The number of aromatic nitrogens is 1. The van der Waals surface area contributed by atoms with Gasteiger partial charge in [-0.1, -0.05) is 189 Å². The van der Waals surface area contributed by atoms with Crippen molar-refractivity contribution in [2.45, 2.75) is 38.8 Å². The Morgan fingerprint density at radius 3 is 1.42 bits per heavy atom. The maximum absolute atomic E-state index is 2.54. The molecular formula is C63H44N2S2. The van der Waals surface area contributed by atoms with E-state index in [1.54, 1.807) is 0 Å². The van der Waals surface area contributed by atoms with Crippen LogP contribution < -0.4 is 4.90 Å². The van der Waals surface area contributed by atoms with Crippen LogP contribution in [-0.4, -0.2) is 4.57 Å². The van der Waals surface area contributed by atoms with Crippen molar-refractivity contribution in [2.24, 2.45) is 0 Å². The average molecular weight is 893 g/mol. The van der Waals surface area contributed by atoms with Crippen molar-refractivity contribution in [3.8, 4) is 50.2 Å². The minimum absolute atomic E-state index is 0.0828. The Hall–Kier alpha value is -7.50. The first-order valence-electron chi connectivity index (χ1n) is 23.0. The van der Waals surface area contributed by atoms with E-state index >= 15 is 0 Å². The number of fused-ring (bicyclic) bond motifs is 9. The van der Waals surface area contributed by atoms with E-state index in [4.69, 9.17) is 0 Å². The number of hydrogen-bond donors (Lipinski definition) is 0. The summed E-state index contributed by atoms with van der Waals surface area (Å²) in [6, 6.07) is 84.7. The first kappa shape index (κ1) is 39.8. The number of nitrogens with zero attached hydrogens (tertiary/aromatic N) is 2. The third-order valence-electron chi connectivity index (χ3n) is 13.9. The first-order chi connectivity index (χ1) is 33.0. The lowest BCUT2D eigenvalue weighted by Gasteiger charge is -2.26. The van der Waals surface area contributed by atoms with Crippen LogP contribution in [0.25, 0.3) is 72.0 Å². The molecule has 67 heavy (non-hydrogen) atoms. The highest BCUT2D eigenvalue weighted by Crippen LogP contribution is 2.55. The molecule has 0 amide bonds. The van der Waals surface area contributed by atoms with Gasteiger partial charge in [-0.3, -0.25) is 0 Å². The number of hydrogen-bond acceptors (Lipinski definition) is 3. The lowest BCUT2D eigenvalue weighted by atomic mass is 9.82. The van der Waals surface area contributed by atoms with Crippen LogP contribution in [-0.2, 0) is 5.41 Å². The van der Waals surface area contributed by atoms with E-state index in [0.717, 1.165) is 22.7 Å². The molecule has 1 aliphatic carbocycles. The Labute approximate surface area is 400 Å². The summed E-state index contributed by atoms with van der Waals surface area (Å²) >= 11 is 3.79. The second kappa shape index (κ2) is 15.8. The lowest BCUT2D eigenvalue weighted by molar-refractivity contribution is 0.661. The molecule has 0 saturated carbocycles. The van der Waals surface area contributed by atoms with Crippen LogP contribution in [0.3, 0.4) is 0 Å². The maximum Gasteiger partial charge on any atom is 0.0692 e. The molecule has 1 aromatic heterocycles. The topological polar surface area (TPSA) is 8.17 Å². The van der Waals surface area contributed by atoms with E-state index in [0.29, 0.717) is 0 Å². The Morgan fingerprint density at radius 1 is 0.373 bits per heavy atom. The molecule has 0 fully saturated rings. The molecule has 2 aliphatic rings. The first-order valence-corrected chi connectivity index (χ1v) is 24.6. The van der Waals surface area contributed by atoms with Crippen LogP contribution in [0.15, 0.2) is 250 Å². The minimum Gasteiger partial charge on any atom is -0.311 e. The normalized spacial score (nSPS) is 13.2. The second-order valence-corrected chi connectivity index (χ2v) is 20.3. The van der Waals surface area contributed by atoms with E-state index in [1.807, 2.05) is 23.5 Å². The van der Waals surface area contributed by atoms with Gasteiger partial charge in [-0.05, 0) is 134 Å². The van der Waals surface area contributed by atoms with Crippen molar-refractivity contribution in [3.05, 3.63) is 242 Å². The van der Waals surface area contributed by atoms with Gasteiger partial charge in [0.2, 0.25) is 0 Å². The average Bonchev–Trinajstić information content (AvgIpc) is 3.84. The Morgan fingerprint density at radius 2 is 0.851 bits per heavy atom. The lowest BCUT2D eigenvalue weighted by Crippen LogP contribution is -2.14. The molecule has 0 unspecified atom stereocenters. The van der Waals surface area contributed by atoms with Gasteiger partial charge in [-0.2, -0.15) is 0 Å². The molecule has 2 nitrogen and oxygen atoms in total.